The Morgan fingerprint density at radius 1 is 0.778 bits per heavy atom. The zero-order valence-electron chi connectivity index (χ0n) is 21.5. The Labute approximate surface area is 216 Å². The van der Waals surface area contributed by atoms with Crippen LogP contribution in [0.2, 0.25) is 0 Å². The van der Waals surface area contributed by atoms with Crippen molar-refractivity contribution >= 4 is 5.69 Å². The third kappa shape index (κ3) is 4.78. The number of aryl methyl sites for hydroxylation is 1. The number of nitrogens with one attached hydrogen (secondary N) is 1. The number of hydrogen-bond acceptors (Lipinski definition) is 3. The van der Waals surface area contributed by atoms with Crippen LogP contribution in [-0.4, -0.2) is 31.3 Å². The lowest BCUT2D eigenvalue weighted by atomic mass is 9.69. The van der Waals surface area contributed by atoms with Gasteiger partial charge in [-0.2, -0.15) is 0 Å². The fraction of sp³-hybridized carbons (Fsp3) is 0.455. The minimum absolute atomic E-state index is 0.318. The number of phenolic OH excluding ortho intramolecular Hbond substituents is 1. The van der Waals surface area contributed by atoms with Crippen molar-refractivity contribution in [2.45, 2.75) is 63.2 Å². The molecular weight excluding hydrogens is 440 g/mol. The highest BCUT2D eigenvalue weighted by Crippen LogP contribution is 2.47. The van der Waals surface area contributed by atoms with Crippen LogP contribution in [-0.2, 0) is 6.42 Å². The Balaban J connectivity index is 1.23. The van der Waals surface area contributed by atoms with Crippen LogP contribution in [0.4, 0.5) is 5.69 Å². The quantitative estimate of drug-likeness (QED) is 0.423. The average molecular weight is 481 g/mol. The molecule has 1 aliphatic carbocycles. The van der Waals surface area contributed by atoms with Crippen molar-refractivity contribution in [3.05, 3.63) is 95.1 Å². The highest BCUT2D eigenvalue weighted by atomic mass is 16.3. The molecular formula is C33H40N2O. The summed E-state index contributed by atoms with van der Waals surface area (Å²) in [6, 6.07) is 26.5. The molecule has 1 spiro atoms. The van der Waals surface area contributed by atoms with E-state index in [0.29, 0.717) is 23.0 Å². The maximum atomic E-state index is 10.1. The molecule has 0 bridgehead atoms. The predicted molar refractivity (Wildman–Crippen MR) is 149 cm³/mol. The molecule has 3 heteroatoms. The van der Waals surface area contributed by atoms with Crippen LogP contribution < -0.4 is 10.2 Å². The van der Waals surface area contributed by atoms with Crippen molar-refractivity contribution in [3.63, 3.8) is 0 Å². The standard InChI is InChI=1S/C33H40N2O/c36-29-13-15-31-27(24-29)10-14-30(25-6-2-1-3-7-25)32(31)26-8-11-28(12-9-26)35-22-18-33(19-23-35)16-4-20-34-21-5-17-33/h1-3,6-9,11-13,15,24,30,32,34,36H,4-5,10,14,16-23H2/t30-,32+/m1/s1. The van der Waals surface area contributed by atoms with Crippen molar-refractivity contribution in [2.24, 2.45) is 5.41 Å². The van der Waals surface area contributed by atoms with Crippen LogP contribution in [0, 0.1) is 5.41 Å². The largest absolute Gasteiger partial charge is 0.508 e. The molecule has 6 rings (SSSR count). The van der Waals surface area contributed by atoms with Gasteiger partial charge in [-0.15, -0.1) is 0 Å². The van der Waals surface area contributed by atoms with E-state index in [4.69, 9.17) is 0 Å². The Kier molecular flexibility index (Phi) is 6.75. The van der Waals surface area contributed by atoms with Gasteiger partial charge in [0.1, 0.15) is 5.75 Å². The van der Waals surface area contributed by atoms with Gasteiger partial charge in [-0.3, -0.25) is 0 Å². The Morgan fingerprint density at radius 3 is 2.22 bits per heavy atom. The number of aromatic hydroxyl groups is 1. The molecule has 2 aliphatic heterocycles. The van der Waals surface area contributed by atoms with Crippen LogP contribution in [0.5, 0.6) is 5.75 Å². The number of hydrogen-bond donors (Lipinski definition) is 2. The summed E-state index contributed by atoms with van der Waals surface area (Å²) in [5, 5.41) is 13.7. The van der Waals surface area contributed by atoms with Crippen molar-refractivity contribution in [3.8, 4) is 5.75 Å². The minimum Gasteiger partial charge on any atom is -0.508 e. The van der Waals surface area contributed by atoms with E-state index >= 15 is 0 Å². The monoisotopic (exact) mass is 480 g/mol. The summed E-state index contributed by atoms with van der Waals surface area (Å²) in [6.45, 7) is 4.76. The summed E-state index contributed by atoms with van der Waals surface area (Å²) >= 11 is 0. The van der Waals surface area contributed by atoms with Crippen LogP contribution in [0.25, 0.3) is 0 Å². The average Bonchev–Trinajstić information content (AvgIpc) is 2.91. The molecule has 3 nitrogen and oxygen atoms in total. The normalized spacial score (nSPS) is 24.1. The van der Waals surface area contributed by atoms with E-state index in [1.165, 1.54) is 92.6 Å². The van der Waals surface area contributed by atoms with E-state index in [1.807, 2.05) is 12.1 Å². The number of fused-ring (bicyclic) bond motifs is 1. The number of piperidine rings is 1. The third-order valence-corrected chi connectivity index (χ3v) is 9.38. The molecule has 2 fully saturated rings. The molecule has 0 amide bonds. The summed E-state index contributed by atoms with van der Waals surface area (Å²) in [4.78, 5) is 2.62. The van der Waals surface area contributed by atoms with Crippen molar-refractivity contribution in [2.75, 3.05) is 31.1 Å². The molecule has 0 radical (unpaired) electrons. The van der Waals surface area contributed by atoms with Crippen LogP contribution in [0.3, 0.4) is 0 Å². The molecule has 2 heterocycles. The second kappa shape index (κ2) is 10.3. The molecule has 188 valence electrons. The lowest BCUT2D eigenvalue weighted by Gasteiger charge is -2.44. The highest BCUT2D eigenvalue weighted by Gasteiger charge is 2.35. The van der Waals surface area contributed by atoms with Crippen LogP contribution in [0.1, 0.15) is 79.0 Å². The van der Waals surface area contributed by atoms with Gasteiger partial charge in [0, 0.05) is 24.7 Å². The highest BCUT2D eigenvalue weighted by molar-refractivity contribution is 5.52. The number of phenols is 1. The number of anilines is 1. The van der Waals surface area contributed by atoms with Gasteiger partial charge in [-0.05, 0) is 122 Å². The molecule has 0 unspecified atom stereocenters. The van der Waals surface area contributed by atoms with Crippen molar-refractivity contribution in [1.82, 2.24) is 5.32 Å². The van der Waals surface area contributed by atoms with Crippen LogP contribution >= 0.6 is 0 Å². The lowest BCUT2D eigenvalue weighted by Crippen LogP contribution is -2.41. The molecule has 3 aromatic carbocycles. The smallest absolute Gasteiger partial charge is 0.115 e. The molecule has 36 heavy (non-hydrogen) atoms. The van der Waals surface area contributed by atoms with E-state index in [9.17, 15) is 5.11 Å². The van der Waals surface area contributed by atoms with Gasteiger partial charge < -0.3 is 15.3 Å². The van der Waals surface area contributed by atoms with Gasteiger partial charge in [0.05, 0.1) is 0 Å². The number of nitrogens with zero attached hydrogens (tertiary/aromatic N) is 1. The first-order valence-corrected chi connectivity index (χ1v) is 14.1. The molecule has 2 atom stereocenters. The van der Waals surface area contributed by atoms with E-state index in [1.54, 1.807) is 0 Å². The molecule has 0 aromatic heterocycles. The van der Waals surface area contributed by atoms with Crippen LogP contribution in [0.15, 0.2) is 72.8 Å². The fourth-order valence-corrected chi connectivity index (χ4v) is 7.34. The Hall–Kier alpha value is -2.78. The third-order valence-electron chi connectivity index (χ3n) is 9.38. The summed E-state index contributed by atoms with van der Waals surface area (Å²) < 4.78 is 0. The van der Waals surface area contributed by atoms with Gasteiger partial charge in [0.2, 0.25) is 0 Å². The first kappa shape index (κ1) is 23.6. The second-order valence-corrected chi connectivity index (χ2v) is 11.5. The van der Waals surface area contributed by atoms with Gasteiger partial charge in [-0.25, -0.2) is 0 Å². The van der Waals surface area contributed by atoms with E-state index in [-0.39, 0.29) is 0 Å². The van der Waals surface area contributed by atoms with Gasteiger partial charge in [-0.1, -0.05) is 48.5 Å². The molecule has 3 aliphatic rings. The Morgan fingerprint density at radius 2 is 1.50 bits per heavy atom. The predicted octanol–water partition coefficient (Wildman–Crippen LogP) is 7.00. The summed E-state index contributed by atoms with van der Waals surface area (Å²) in [6.07, 6.45) is 10.2. The Bertz CT molecular complexity index is 1140. The second-order valence-electron chi connectivity index (χ2n) is 11.5. The molecule has 2 saturated heterocycles. The maximum Gasteiger partial charge on any atom is 0.115 e. The summed E-state index contributed by atoms with van der Waals surface area (Å²) in [5.74, 6) is 1.15. The van der Waals surface area contributed by atoms with Gasteiger partial charge >= 0.3 is 0 Å². The molecule has 0 saturated carbocycles. The SMILES string of the molecule is Oc1ccc2c(c1)CC[C@H](c1ccccc1)[C@@H]2c1ccc(N2CCC3(CCCNCCC3)CC2)cc1. The maximum absolute atomic E-state index is 10.1. The van der Waals surface area contributed by atoms with E-state index in [2.05, 4.69) is 70.9 Å². The summed E-state index contributed by atoms with van der Waals surface area (Å²) in [7, 11) is 0. The zero-order chi connectivity index (χ0) is 24.4. The van der Waals surface area contributed by atoms with Crippen molar-refractivity contribution in [1.29, 1.82) is 0 Å². The van der Waals surface area contributed by atoms with Gasteiger partial charge in [0.25, 0.3) is 0 Å². The molecule has 3 aromatic rings. The first-order valence-electron chi connectivity index (χ1n) is 14.1. The van der Waals surface area contributed by atoms with E-state index in [0.717, 1.165) is 12.8 Å². The van der Waals surface area contributed by atoms with Crippen molar-refractivity contribution < 1.29 is 5.11 Å². The first-order chi connectivity index (χ1) is 17.7. The fourth-order valence-electron chi connectivity index (χ4n) is 7.34. The lowest BCUT2D eigenvalue weighted by molar-refractivity contribution is 0.164. The van der Waals surface area contributed by atoms with Gasteiger partial charge in [0.15, 0.2) is 0 Å². The number of rotatable bonds is 3. The zero-order valence-corrected chi connectivity index (χ0v) is 21.5. The van der Waals surface area contributed by atoms with E-state index < -0.39 is 0 Å². The minimum atomic E-state index is 0.318. The topological polar surface area (TPSA) is 35.5 Å². The molecule has 2 N–H and O–H groups in total. The summed E-state index contributed by atoms with van der Waals surface area (Å²) in [5.41, 5.74) is 7.44. The number of benzene rings is 3.